The maximum atomic E-state index is 12.7. The standard InChI is InChI=1S/C17H12N2O6S/c20-16-10-5-1-3-7-12(10)18-15(16)14-11-6-2-4-8-13(11)19(17(14)21)9-25-26(22,23)24/h1-8,21H,9H2,(H,22,23,24). The molecule has 0 unspecified atom stereocenters. The fourth-order valence-corrected chi connectivity index (χ4v) is 3.24. The van der Waals surface area contributed by atoms with Gasteiger partial charge in [0.1, 0.15) is 12.4 Å². The van der Waals surface area contributed by atoms with Gasteiger partial charge in [0.05, 0.1) is 16.8 Å². The SMILES string of the molecule is O=C1C(c2c(O)n(COS(=O)(=O)O)c3ccccc23)=Nc2ccccc21. The molecule has 9 heteroatoms. The molecule has 1 aromatic heterocycles. The van der Waals surface area contributed by atoms with Crippen molar-refractivity contribution in [2.75, 3.05) is 0 Å². The lowest BCUT2D eigenvalue weighted by molar-refractivity contribution is 0.106. The minimum atomic E-state index is -4.70. The number of nitrogens with zero attached hydrogens (tertiary/aromatic N) is 2. The molecule has 8 nitrogen and oxygen atoms in total. The van der Waals surface area contributed by atoms with Gasteiger partial charge >= 0.3 is 10.4 Å². The van der Waals surface area contributed by atoms with Crippen LogP contribution in [0, 0.1) is 0 Å². The maximum absolute atomic E-state index is 12.7. The Bertz CT molecular complexity index is 1190. The number of hydrogen-bond acceptors (Lipinski definition) is 6. The van der Waals surface area contributed by atoms with Gasteiger partial charge in [-0.25, -0.2) is 9.18 Å². The number of benzene rings is 2. The first-order valence-electron chi connectivity index (χ1n) is 7.51. The number of aromatic hydroxyl groups is 1. The monoisotopic (exact) mass is 372 g/mol. The van der Waals surface area contributed by atoms with Gasteiger partial charge in [-0.05, 0) is 18.2 Å². The van der Waals surface area contributed by atoms with Crippen molar-refractivity contribution < 1.29 is 27.1 Å². The van der Waals surface area contributed by atoms with Crippen molar-refractivity contribution in [1.29, 1.82) is 0 Å². The summed E-state index contributed by atoms with van der Waals surface area (Å²) >= 11 is 0. The molecule has 2 aromatic carbocycles. The molecule has 0 saturated heterocycles. The lowest BCUT2D eigenvalue weighted by Gasteiger charge is -2.06. The fraction of sp³-hybridized carbons (Fsp3) is 0.0588. The molecule has 0 fully saturated rings. The number of hydrogen-bond donors (Lipinski definition) is 2. The lowest BCUT2D eigenvalue weighted by Crippen LogP contribution is -2.12. The maximum Gasteiger partial charge on any atom is 0.399 e. The minimum absolute atomic E-state index is 0.0607. The molecule has 0 radical (unpaired) electrons. The number of carbonyl (C=O) groups is 1. The Kier molecular flexibility index (Phi) is 3.65. The first-order valence-corrected chi connectivity index (χ1v) is 8.88. The number of carbonyl (C=O) groups excluding carboxylic acids is 1. The van der Waals surface area contributed by atoms with E-state index in [-0.39, 0.29) is 22.9 Å². The zero-order valence-electron chi connectivity index (χ0n) is 13.2. The highest BCUT2D eigenvalue weighted by molar-refractivity contribution is 7.80. The van der Waals surface area contributed by atoms with Gasteiger partial charge in [-0.15, -0.1) is 0 Å². The molecule has 2 N–H and O–H groups in total. The zero-order chi connectivity index (χ0) is 18.5. The van der Waals surface area contributed by atoms with Crippen molar-refractivity contribution >= 4 is 38.5 Å². The predicted octanol–water partition coefficient (Wildman–Crippen LogP) is 2.44. The summed E-state index contributed by atoms with van der Waals surface area (Å²) in [5.74, 6) is -0.718. The van der Waals surface area contributed by atoms with Crippen LogP contribution < -0.4 is 0 Å². The smallest absolute Gasteiger partial charge is 0.399 e. The average molecular weight is 372 g/mol. The van der Waals surface area contributed by atoms with Gasteiger partial charge in [-0.2, -0.15) is 8.42 Å². The van der Waals surface area contributed by atoms with Crippen LogP contribution in [0.25, 0.3) is 10.9 Å². The van der Waals surface area contributed by atoms with Crippen LogP contribution in [0.1, 0.15) is 15.9 Å². The Morgan fingerprint density at radius 1 is 1.08 bits per heavy atom. The average Bonchev–Trinajstić information content (AvgIpc) is 3.07. The number of Topliss-reactive ketones (excluding diaryl/α,β-unsaturated/α-hetero) is 1. The minimum Gasteiger partial charge on any atom is -0.494 e. The van der Waals surface area contributed by atoms with E-state index < -0.39 is 17.1 Å². The largest absolute Gasteiger partial charge is 0.494 e. The van der Waals surface area contributed by atoms with Crippen LogP contribution in [0.5, 0.6) is 5.88 Å². The van der Waals surface area contributed by atoms with E-state index in [1.807, 2.05) is 0 Å². The summed E-state index contributed by atoms with van der Waals surface area (Å²) < 4.78 is 36.1. The number of aliphatic imine (C=N–C) groups is 1. The molecule has 0 bridgehead atoms. The Balaban J connectivity index is 1.90. The molecule has 0 atom stereocenters. The Morgan fingerprint density at radius 2 is 1.77 bits per heavy atom. The van der Waals surface area contributed by atoms with Crippen molar-refractivity contribution in [1.82, 2.24) is 4.57 Å². The molecular formula is C17H12N2O6S. The van der Waals surface area contributed by atoms with E-state index in [0.717, 1.165) is 4.57 Å². The van der Waals surface area contributed by atoms with Crippen LogP contribution in [0.15, 0.2) is 53.5 Å². The normalized spacial score (nSPS) is 13.9. The lowest BCUT2D eigenvalue weighted by atomic mass is 10.0. The van der Waals surface area contributed by atoms with E-state index in [1.165, 1.54) is 0 Å². The number of fused-ring (bicyclic) bond motifs is 2. The molecule has 2 heterocycles. The molecule has 0 amide bonds. The summed E-state index contributed by atoms with van der Waals surface area (Å²) in [6, 6.07) is 13.5. The van der Waals surface area contributed by atoms with Gasteiger partial charge < -0.3 is 5.11 Å². The van der Waals surface area contributed by atoms with E-state index in [9.17, 15) is 18.3 Å². The van der Waals surface area contributed by atoms with Crippen molar-refractivity contribution in [2.45, 2.75) is 6.73 Å². The number of rotatable bonds is 4. The third-order valence-electron chi connectivity index (χ3n) is 4.11. The second-order valence-electron chi connectivity index (χ2n) is 5.63. The van der Waals surface area contributed by atoms with Gasteiger partial charge in [0.2, 0.25) is 11.7 Å². The van der Waals surface area contributed by atoms with Crippen LogP contribution in [-0.4, -0.2) is 34.1 Å². The Hall–Kier alpha value is -3.01. The zero-order valence-corrected chi connectivity index (χ0v) is 14.0. The van der Waals surface area contributed by atoms with Gasteiger partial charge in [-0.1, -0.05) is 30.3 Å². The Morgan fingerprint density at radius 3 is 2.50 bits per heavy atom. The van der Waals surface area contributed by atoms with Crippen molar-refractivity contribution in [3.8, 4) is 5.88 Å². The highest BCUT2D eigenvalue weighted by Gasteiger charge is 2.31. The third kappa shape index (κ3) is 2.58. The number of para-hydroxylation sites is 2. The van der Waals surface area contributed by atoms with Gasteiger partial charge in [0.15, 0.2) is 0 Å². The molecule has 132 valence electrons. The van der Waals surface area contributed by atoms with E-state index in [4.69, 9.17) is 4.55 Å². The van der Waals surface area contributed by atoms with E-state index in [1.54, 1.807) is 48.5 Å². The van der Waals surface area contributed by atoms with Gasteiger partial charge in [0.25, 0.3) is 0 Å². The summed E-state index contributed by atoms with van der Waals surface area (Å²) in [6.45, 7) is -0.653. The van der Waals surface area contributed by atoms with Crippen LogP contribution in [0.2, 0.25) is 0 Å². The van der Waals surface area contributed by atoms with Crippen molar-refractivity contribution in [3.63, 3.8) is 0 Å². The summed E-state index contributed by atoms with van der Waals surface area (Å²) in [5, 5.41) is 11.1. The molecule has 0 aliphatic carbocycles. The van der Waals surface area contributed by atoms with Crippen molar-refractivity contribution in [2.24, 2.45) is 4.99 Å². The van der Waals surface area contributed by atoms with Crippen LogP contribution in [0.4, 0.5) is 5.69 Å². The summed E-state index contributed by atoms with van der Waals surface area (Å²) in [7, 11) is -4.70. The first kappa shape index (κ1) is 16.5. The van der Waals surface area contributed by atoms with Gasteiger partial charge in [0, 0.05) is 10.9 Å². The second kappa shape index (κ2) is 5.77. The van der Waals surface area contributed by atoms with E-state index >= 15 is 0 Å². The van der Waals surface area contributed by atoms with Crippen molar-refractivity contribution in [3.05, 3.63) is 59.7 Å². The predicted molar refractivity (Wildman–Crippen MR) is 93.2 cm³/mol. The van der Waals surface area contributed by atoms with Crippen LogP contribution in [-0.2, 0) is 21.3 Å². The highest BCUT2D eigenvalue weighted by Crippen LogP contribution is 2.37. The Labute approximate surface area is 147 Å². The summed E-state index contributed by atoms with van der Waals surface area (Å²) in [5.41, 5.74) is 1.59. The second-order valence-corrected chi connectivity index (χ2v) is 6.72. The highest BCUT2D eigenvalue weighted by atomic mass is 32.3. The van der Waals surface area contributed by atoms with E-state index in [2.05, 4.69) is 9.18 Å². The number of aromatic nitrogens is 1. The molecular weight excluding hydrogens is 360 g/mol. The molecule has 1 aliphatic rings. The summed E-state index contributed by atoms with van der Waals surface area (Å²) in [6.07, 6.45) is 0. The molecule has 26 heavy (non-hydrogen) atoms. The molecule has 4 rings (SSSR count). The third-order valence-corrected chi connectivity index (χ3v) is 4.51. The summed E-state index contributed by atoms with van der Waals surface area (Å²) in [4.78, 5) is 17.0. The van der Waals surface area contributed by atoms with E-state index in [0.29, 0.717) is 22.2 Å². The molecule has 1 aliphatic heterocycles. The first-order chi connectivity index (χ1) is 12.4. The topological polar surface area (TPSA) is 118 Å². The molecule has 0 saturated carbocycles. The molecule has 0 spiro atoms. The van der Waals surface area contributed by atoms with Crippen LogP contribution in [0.3, 0.4) is 0 Å². The molecule has 3 aromatic rings. The fourth-order valence-electron chi connectivity index (χ4n) is 3.00. The number of ketones is 1. The van der Waals surface area contributed by atoms with Crippen LogP contribution >= 0.6 is 0 Å². The van der Waals surface area contributed by atoms with Gasteiger partial charge in [-0.3, -0.25) is 13.9 Å². The quantitative estimate of drug-likeness (QED) is 0.679.